The van der Waals surface area contributed by atoms with E-state index in [0.29, 0.717) is 0 Å². The van der Waals surface area contributed by atoms with Gasteiger partial charge in [-0.25, -0.2) is 33.3 Å². The van der Waals surface area contributed by atoms with Crippen molar-refractivity contribution >= 4 is 59.5 Å². The molecular weight excluding hydrogens is 915 g/mol. The number of hydrogen-bond donors (Lipinski definition) is 5. The maximum Gasteiger partial charge on any atom is 0.455 e. The topological polar surface area (TPSA) is 309 Å². The minimum atomic E-state index is -4.67. The van der Waals surface area contributed by atoms with E-state index >= 15 is 0 Å². The average molecular weight is 950 g/mol. The quantitative estimate of drug-likeness (QED) is 0.0210. The third-order valence-electron chi connectivity index (χ3n) is 8.23. The lowest BCUT2D eigenvalue weighted by Gasteiger charge is -2.49. The molecule has 1 unspecified atom stereocenters. The highest BCUT2D eigenvalue weighted by atomic mass is 31.3. The SMILES string of the molecule is C=C(C)C(=O)OCCO[P+]1(Oc2ccc(C(=O)O)cc2)[N-]P(Oc2ccc(C(=O)O)cc2)(Oc2ccc(C(=O)O)cc2)=N[P+](Oc2ccc(C(=O)O)cc2)(Oc2ccc(C(=O)O)cc2)[N-]1. The lowest BCUT2D eigenvalue weighted by atomic mass is 10.2. The van der Waals surface area contributed by atoms with Gasteiger partial charge in [-0.15, -0.1) is 0 Å². The lowest BCUT2D eigenvalue weighted by molar-refractivity contribution is -0.139. The molecule has 1 aliphatic heterocycles. The molecule has 0 saturated carbocycles. The van der Waals surface area contributed by atoms with E-state index in [1.54, 1.807) is 0 Å². The van der Waals surface area contributed by atoms with Crippen LogP contribution in [0.25, 0.3) is 9.72 Å². The van der Waals surface area contributed by atoms with Gasteiger partial charge in [-0.05, 0) is 133 Å². The number of carbonyl (C=O) groups is 6. The number of rotatable bonds is 20. The molecule has 5 aromatic carbocycles. The predicted octanol–water partition coefficient (Wildman–Crippen LogP) is 10.1. The fraction of sp³-hybridized carbons (Fsp3) is 0.0732. The number of carbonyl (C=O) groups excluding carboxylic acids is 1. The van der Waals surface area contributed by atoms with Crippen molar-refractivity contribution in [2.45, 2.75) is 6.92 Å². The van der Waals surface area contributed by atoms with Gasteiger partial charge in [0.25, 0.3) is 0 Å². The summed E-state index contributed by atoms with van der Waals surface area (Å²) in [5.74, 6) is -7.73. The van der Waals surface area contributed by atoms with Crippen molar-refractivity contribution in [1.29, 1.82) is 0 Å². The van der Waals surface area contributed by atoms with Gasteiger partial charge in [0, 0.05) is 5.57 Å². The Bertz CT molecular complexity index is 2560. The number of hydrogen-bond acceptors (Lipinski definition) is 14. The first-order chi connectivity index (χ1) is 30.9. The van der Waals surface area contributed by atoms with Crippen LogP contribution in [0.1, 0.15) is 58.7 Å². The van der Waals surface area contributed by atoms with Gasteiger partial charge >= 0.3 is 51.5 Å². The summed E-state index contributed by atoms with van der Waals surface area (Å²) in [6.45, 7) is 3.98. The highest BCUT2D eigenvalue weighted by molar-refractivity contribution is 7.99. The van der Waals surface area contributed by atoms with E-state index in [1.807, 2.05) is 0 Å². The first-order valence-corrected chi connectivity index (χ1v) is 23.0. The van der Waals surface area contributed by atoms with Crippen LogP contribution in [0, 0.1) is 0 Å². The van der Waals surface area contributed by atoms with Crippen LogP contribution in [0.5, 0.6) is 28.7 Å². The molecule has 0 bridgehead atoms. The fourth-order valence-electron chi connectivity index (χ4n) is 5.17. The summed E-state index contributed by atoms with van der Waals surface area (Å²) < 4.78 is 48.9. The van der Waals surface area contributed by atoms with Crippen molar-refractivity contribution in [3.05, 3.63) is 171 Å². The van der Waals surface area contributed by atoms with E-state index in [1.165, 1.54) is 128 Å². The largest absolute Gasteiger partial charge is 0.478 e. The minimum Gasteiger partial charge on any atom is -0.478 e. The third-order valence-corrected chi connectivity index (χ3v) is 16.4. The Labute approximate surface area is 369 Å². The van der Waals surface area contributed by atoms with Crippen molar-refractivity contribution < 1.29 is 86.2 Å². The average Bonchev–Trinajstić information content (AvgIpc) is 3.25. The van der Waals surface area contributed by atoms with E-state index in [9.17, 15) is 54.3 Å². The Morgan fingerprint density at radius 3 is 1.17 bits per heavy atom. The Balaban J connectivity index is 1.63. The smallest absolute Gasteiger partial charge is 0.455 e. The molecule has 336 valence electrons. The molecular formula is C41H34N3O18P3. The number of benzene rings is 5. The van der Waals surface area contributed by atoms with Crippen LogP contribution in [-0.4, -0.2) is 74.6 Å². The Morgan fingerprint density at radius 1 is 0.523 bits per heavy atom. The summed E-state index contributed by atoms with van der Waals surface area (Å²) in [5.41, 5.74) is -0.668. The molecule has 0 aliphatic carbocycles. The predicted molar refractivity (Wildman–Crippen MR) is 232 cm³/mol. The van der Waals surface area contributed by atoms with E-state index in [-0.39, 0.29) is 62.1 Å². The summed E-state index contributed by atoms with van der Waals surface area (Å²) in [4.78, 5) is 81.1. The van der Waals surface area contributed by atoms with Crippen molar-refractivity contribution in [1.82, 2.24) is 0 Å². The molecule has 0 spiro atoms. The second-order valence-electron chi connectivity index (χ2n) is 13.1. The number of esters is 1. The molecule has 65 heavy (non-hydrogen) atoms. The van der Waals surface area contributed by atoms with E-state index in [4.69, 9.17) is 46.1 Å². The van der Waals surface area contributed by atoms with Gasteiger partial charge in [-0.3, -0.25) is 9.05 Å². The van der Waals surface area contributed by atoms with Crippen LogP contribution in [-0.2, 0) is 14.1 Å². The van der Waals surface area contributed by atoms with Gasteiger partial charge in [0.1, 0.15) is 24.7 Å². The van der Waals surface area contributed by atoms with Crippen molar-refractivity contribution in [2.75, 3.05) is 13.2 Å². The summed E-state index contributed by atoms with van der Waals surface area (Å²) in [6.07, 6.45) is 0. The maximum atomic E-state index is 12.4. The number of nitrogens with zero attached hydrogens (tertiary/aromatic N) is 3. The van der Waals surface area contributed by atoms with Gasteiger partial charge in [0.2, 0.25) is 8.02 Å². The normalized spacial score (nSPS) is 15.8. The molecule has 0 saturated heterocycles. The van der Waals surface area contributed by atoms with Crippen LogP contribution in [0.15, 0.2) is 138 Å². The summed E-state index contributed by atoms with van der Waals surface area (Å²) in [7, 11) is -13.9. The van der Waals surface area contributed by atoms with Crippen LogP contribution < -0.4 is 22.6 Å². The zero-order chi connectivity index (χ0) is 46.9. The first kappa shape index (κ1) is 47.1. The molecule has 1 heterocycles. The van der Waals surface area contributed by atoms with Crippen molar-refractivity contribution in [3.8, 4) is 28.7 Å². The lowest BCUT2D eigenvalue weighted by Crippen LogP contribution is -2.19. The van der Waals surface area contributed by atoms with Crippen molar-refractivity contribution in [2.24, 2.45) is 4.52 Å². The van der Waals surface area contributed by atoms with Crippen LogP contribution in [0.3, 0.4) is 0 Å². The minimum absolute atomic E-state index is 0.0549. The van der Waals surface area contributed by atoms with Gasteiger partial charge in [-0.1, -0.05) is 6.58 Å². The van der Waals surface area contributed by atoms with Gasteiger partial charge in [0.15, 0.2) is 17.2 Å². The van der Waals surface area contributed by atoms with Crippen LogP contribution >= 0.6 is 23.7 Å². The molecule has 5 aromatic rings. The van der Waals surface area contributed by atoms with E-state index < -0.39 is 72.7 Å². The fourth-order valence-corrected chi connectivity index (χ4v) is 14.3. The van der Waals surface area contributed by atoms with Crippen LogP contribution in [0.4, 0.5) is 0 Å². The van der Waals surface area contributed by atoms with Crippen LogP contribution in [0.2, 0.25) is 0 Å². The second-order valence-corrected chi connectivity index (χ2v) is 19.4. The third kappa shape index (κ3) is 12.2. The number of aromatic carboxylic acids is 5. The van der Waals surface area contributed by atoms with E-state index in [0.717, 1.165) is 0 Å². The number of ether oxygens (including phenoxy) is 1. The molecule has 24 heteroatoms. The summed E-state index contributed by atoms with van der Waals surface area (Å²) >= 11 is 0. The maximum absolute atomic E-state index is 12.4. The highest BCUT2D eigenvalue weighted by Gasteiger charge is 2.57. The molecule has 5 N–H and O–H groups in total. The molecule has 0 amide bonds. The zero-order valence-corrected chi connectivity index (χ0v) is 36.1. The highest BCUT2D eigenvalue weighted by Crippen LogP contribution is 2.96. The number of carboxylic acids is 5. The number of carboxylic acid groups (broad SMARTS) is 5. The molecule has 6 rings (SSSR count). The molecule has 1 aliphatic rings. The zero-order valence-electron chi connectivity index (χ0n) is 33.4. The van der Waals surface area contributed by atoms with E-state index in [2.05, 4.69) is 6.58 Å². The van der Waals surface area contributed by atoms with Gasteiger partial charge < -0.3 is 48.7 Å². The molecule has 1 atom stereocenters. The molecule has 0 radical (unpaired) electrons. The van der Waals surface area contributed by atoms with Gasteiger partial charge in [0.05, 0.1) is 27.8 Å². The Morgan fingerprint density at radius 2 is 0.846 bits per heavy atom. The molecule has 21 nitrogen and oxygen atoms in total. The first-order valence-electron chi connectivity index (χ1n) is 18.4. The second kappa shape index (κ2) is 20.0. The monoisotopic (exact) mass is 949 g/mol. The Kier molecular flexibility index (Phi) is 14.5. The Hall–Kier alpha value is -7.37. The summed E-state index contributed by atoms with van der Waals surface area (Å²) in [6, 6.07) is 24.5. The summed E-state index contributed by atoms with van der Waals surface area (Å²) in [5, 5.41) is 48.1. The standard InChI is InChI=1S/C41H34N3O18P3/c1-25(2)41(55)56-23-24-57-63(58-31-13-3-26(4-14-31)36(45)46)42-64(59-32-15-5-27(6-16-32)37(47)48,60-33-17-7-28(8-18-33)38(49)50)44-65(43-63,61-34-19-9-29(10-20-34)39(51)52)62-35-21-11-30(12-22-35)40(53)54/h3-22H,1,23-24H2,2H3,(H,45,46)(H,47,48)(H,49,50)(H,51,52)(H,53,54). The molecule has 0 fully saturated rings. The van der Waals surface area contributed by atoms with Crippen molar-refractivity contribution in [3.63, 3.8) is 0 Å². The molecule has 0 aromatic heterocycles. The van der Waals surface area contributed by atoms with Gasteiger partial charge in [-0.2, -0.15) is 4.86 Å².